The first-order valence-electron chi connectivity index (χ1n) is 7.22. The van der Waals surface area contributed by atoms with Gasteiger partial charge in [0.25, 0.3) is 0 Å². The van der Waals surface area contributed by atoms with Crippen LogP contribution >= 0.6 is 0 Å². The van der Waals surface area contributed by atoms with E-state index in [9.17, 15) is 0 Å². The van der Waals surface area contributed by atoms with Gasteiger partial charge in [-0.1, -0.05) is 64.7 Å². The smallest absolute Gasteiger partial charge is 0.122 e. The molecule has 1 unspecified atom stereocenters. The number of hydrogen-bond acceptors (Lipinski definition) is 1. The van der Waals surface area contributed by atoms with Gasteiger partial charge in [0.15, 0.2) is 0 Å². The Labute approximate surface area is 114 Å². The zero-order valence-electron chi connectivity index (χ0n) is 13.0. The number of hydrogen-bond donors (Lipinski definition) is 0. The van der Waals surface area contributed by atoms with Crippen LogP contribution < -0.4 is 4.74 Å². The van der Waals surface area contributed by atoms with Gasteiger partial charge in [-0.3, -0.25) is 0 Å². The normalized spacial score (nSPS) is 11.4. The lowest BCUT2D eigenvalue weighted by atomic mass is 9.97. The molecule has 0 amide bonds. The third-order valence-electron chi connectivity index (χ3n) is 3.20. The molecule has 1 atom stereocenters. The van der Waals surface area contributed by atoms with Crippen LogP contribution in [0.25, 0.3) is 0 Å². The maximum Gasteiger partial charge on any atom is 0.122 e. The first-order valence-corrected chi connectivity index (χ1v) is 7.22. The first-order chi connectivity index (χ1) is 8.58. The Hall–Kier alpha value is -0.980. The van der Waals surface area contributed by atoms with Gasteiger partial charge in [-0.25, -0.2) is 0 Å². The molecule has 0 saturated carbocycles. The van der Waals surface area contributed by atoms with Gasteiger partial charge in [-0.15, -0.1) is 0 Å². The molecule has 0 aromatic heterocycles. The quantitative estimate of drug-likeness (QED) is 0.680. The van der Waals surface area contributed by atoms with E-state index in [0.29, 0.717) is 0 Å². The van der Waals surface area contributed by atoms with E-state index < -0.39 is 0 Å². The molecule has 1 rings (SSSR count). The fourth-order valence-corrected chi connectivity index (χ4v) is 1.59. The van der Waals surface area contributed by atoms with E-state index in [1.54, 1.807) is 7.11 Å². The van der Waals surface area contributed by atoms with Crippen molar-refractivity contribution in [1.82, 2.24) is 0 Å². The second-order valence-corrected chi connectivity index (χ2v) is 5.03. The minimum Gasteiger partial charge on any atom is -0.496 e. The van der Waals surface area contributed by atoms with E-state index in [1.807, 2.05) is 0 Å². The molecule has 0 radical (unpaired) electrons. The maximum atomic E-state index is 5.35. The monoisotopic (exact) mass is 250 g/mol. The lowest BCUT2D eigenvalue weighted by Gasteiger charge is -2.13. The van der Waals surface area contributed by atoms with Crippen LogP contribution in [0, 0.1) is 12.8 Å². The van der Waals surface area contributed by atoms with Crippen molar-refractivity contribution in [3.05, 3.63) is 29.3 Å². The second kappa shape index (κ2) is 9.99. The van der Waals surface area contributed by atoms with Gasteiger partial charge in [0, 0.05) is 0 Å². The summed E-state index contributed by atoms with van der Waals surface area (Å²) < 4.78 is 5.35. The summed E-state index contributed by atoms with van der Waals surface area (Å²) in [4.78, 5) is 0. The summed E-state index contributed by atoms with van der Waals surface area (Å²) in [5.74, 6) is 1.75. The Bertz CT molecular complexity index is 315. The third kappa shape index (κ3) is 6.68. The summed E-state index contributed by atoms with van der Waals surface area (Å²) in [6.45, 7) is 11.0. The molecule has 0 fully saturated rings. The highest BCUT2D eigenvalue weighted by Crippen LogP contribution is 2.23. The summed E-state index contributed by atoms with van der Waals surface area (Å²) in [6, 6.07) is 6.39. The van der Waals surface area contributed by atoms with Crippen LogP contribution in [0.3, 0.4) is 0 Å². The Balaban J connectivity index is 0.000000631. The average Bonchev–Trinajstić information content (AvgIpc) is 2.39. The number of benzene rings is 1. The SMILES string of the molecule is CCC(C)Cc1cc(C)ccc1OC.CCCC. The fraction of sp³-hybridized carbons (Fsp3) is 0.647. The highest BCUT2D eigenvalue weighted by Gasteiger charge is 2.06. The Morgan fingerprint density at radius 3 is 2.17 bits per heavy atom. The van der Waals surface area contributed by atoms with Crippen LogP contribution in [-0.2, 0) is 6.42 Å². The van der Waals surface area contributed by atoms with Gasteiger partial charge in [-0.05, 0) is 30.9 Å². The number of aryl methyl sites for hydroxylation is 1. The first kappa shape index (κ1) is 17.0. The van der Waals surface area contributed by atoms with E-state index in [1.165, 1.54) is 30.4 Å². The summed E-state index contributed by atoms with van der Waals surface area (Å²) in [5, 5.41) is 0. The van der Waals surface area contributed by atoms with Crippen molar-refractivity contribution >= 4 is 0 Å². The van der Waals surface area contributed by atoms with Gasteiger partial charge in [-0.2, -0.15) is 0 Å². The molecule has 0 N–H and O–H groups in total. The van der Waals surface area contributed by atoms with Crippen LogP contribution in [0.2, 0.25) is 0 Å². The molecule has 0 aliphatic heterocycles. The molecule has 1 nitrogen and oxygen atoms in total. The molecule has 104 valence electrons. The molecule has 0 spiro atoms. The summed E-state index contributed by atoms with van der Waals surface area (Å²) in [6.07, 6.45) is 4.97. The zero-order valence-corrected chi connectivity index (χ0v) is 13.0. The Morgan fingerprint density at radius 2 is 1.72 bits per heavy atom. The summed E-state index contributed by atoms with van der Waals surface area (Å²) in [5.41, 5.74) is 2.64. The topological polar surface area (TPSA) is 9.23 Å². The van der Waals surface area contributed by atoms with Crippen LogP contribution in [0.4, 0.5) is 0 Å². The Morgan fingerprint density at radius 1 is 1.11 bits per heavy atom. The summed E-state index contributed by atoms with van der Waals surface area (Å²) >= 11 is 0. The number of unbranched alkanes of at least 4 members (excludes halogenated alkanes) is 1. The van der Waals surface area contributed by atoms with Gasteiger partial charge in [0.2, 0.25) is 0 Å². The van der Waals surface area contributed by atoms with Crippen molar-refractivity contribution in [2.24, 2.45) is 5.92 Å². The van der Waals surface area contributed by atoms with E-state index in [2.05, 4.69) is 52.8 Å². The van der Waals surface area contributed by atoms with Crippen molar-refractivity contribution in [3.63, 3.8) is 0 Å². The van der Waals surface area contributed by atoms with Crippen LogP contribution in [0.1, 0.15) is 58.1 Å². The van der Waals surface area contributed by atoms with E-state index in [0.717, 1.165) is 18.1 Å². The number of rotatable bonds is 5. The molecule has 0 aliphatic carbocycles. The third-order valence-corrected chi connectivity index (χ3v) is 3.20. The highest BCUT2D eigenvalue weighted by molar-refractivity contribution is 5.37. The average molecular weight is 250 g/mol. The molecule has 0 saturated heterocycles. The van der Waals surface area contributed by atoms with E-state index in [4.69, 9.17) is 4.74 Å². The predicted molar refractivity (Wildman–Crippen MR) is 81.5 cm³/mol. The molecule has 0 heterocycles. The van der Waals surface area contributed by atoms with Gasteiger partial charge >= 0.3 is 0 Å². The van der Waals surface area contributed by atoms with Gasteiger partial charge < -0.3 is 4.74 Å². The van der Waals surface area contributed by atoms with Gasteiger partial charge in [0.05, 0.1) is 7.11 Å². The van der Waals surface area contributed by atoms with Crippen molar-refractivity contribution < 1.29 is 4.74 Å². The molecule has 0 aliphatic rings. The molecule has 1 heteroatoms. The van der Waals surface area contributed by atoms with E-state index >= 15 is 0 Å². The molecule has 1 aromatic carbocycles. The molecule has 0 bridgehead atoms. The predicted octanol–water partition coefficient (Wildman–Crippen LogP) is 5.40. The lowest BCUT2D eigenvalue weighted by molar-refractivity contribution is 0.404. The molecular formula is C17H30O. The largest absolute Gasteiger partial charge is 0.496 e. The molecule has 18 heavy (non-hydrogen) atoms. The van der Waals surface area contributed by atoms with Gasteiger partial charge in [0.1, 0.15) is 5.75 Å². The number of methoxy groups -OCH3 is 1. The summed E-state index contributed by atoms with van der Waals surface area (Å²) in [7, 11) is 1.74. The molecular weight excluding hydrogens is 220 g/mol. The minimum absolute atomic E-state index is 0.727. The van der Waals surface area contributed by atoms with Crippen molar-refractivity contribution in [2.45, 2.75) is 60.3 Å². The van der Waals surface area contributed by atoms with Crippen molar-refractivity contribution in [2.75, 3.05) is 7.11 Å². The van der Waals surface area contributed by atoms with Crippen LogP contribution in [0.15, 0.2) is 18.2 Å². The second-order valence-electron chi connectivity index (χ2n) is 5.03. The molecule has 1 aromatic rings. The standard InChI is InChI=1S/C13H20O.C4H10/c1-5-10(2)8-12-9-11(3)6-7-13(12)14-4;1-3-4-2/h6-7,9-10H,5,8H2,1-4H3;3-4H2,1-2H3. The maximum absolute atomic E-state index is 5.35. The fourth-order valence-electron chi connectivity index (χ4n) is 1.59. The minimum atomic E-state index is 0.727. The highest BCUT2D eigenvalue weighted by atomic mass is 16.5. The zero-order chi connectivity index (χ0) is 14.0. The van der Waals surface area contributed by atoms with E-state index in [-0.39, 0.29) is 0 Å². The lowest BCUT2D eigenvalue weighted by Crippen LogP contribution is -2.00. The van der Waals surface area contributed by atoms with Crippen LogP contribution in [-0.4, -0.2) is 7.11 Å². The van der Waals surface area contributed by atoms with Crippen LogP contribution in [0.5, 0.6) is 5.75 Å². The number of ether oxygens (including phenoxy) is 1. The van der Waals surface area contributed by atoms with Crippen molar-refractivity contribution in [1.29, 1.82) is 0 Å². The Kier molecular flexibility index (Phi) is 9.45. The van der Waals surface area contributed by atoms with Crippen molar-refractivity contribution in [3.8, 4) is 5.75 Å².